The van der Waals surface area contributed by atoms with E-state index in [1.165, 1.54) is 18.0 Å². The van der Waals surface area contributed by atoms with Gasteiger partial charge in [0.25, 0.3) is 0 Å². The molecule has 1 fully saturated rings. The molecule has 3 aromatic rings. The van der Waals surface area contributed by atoms with Crippen LogP contribution in [0.3, 0.4) is 0 Å². The van der Waals surface area contributed by atoms with Crippen molar-refractivity contribution in [3.05, 3.63) is 75.6 Å². The molecule has 4 rings (SSSR count). The van der Waals surface area contributed by atoms with Crippen LogP contribution >= 0.6 is 11.8 Å². The van der Waals surface area contributed by atoms with Gasteiger partial charge in [-0.15, -0.1) is 11.8 Å². The second kappa shape index (κ2) is 8.89. The van der Waals surface area contributed by atoms with Crippen molar-refractivity contribution in [2.45, 2.75) is 25.8 Å². The topological polar surface area (TPSA) is 92.4 Å². The Balaban J connectivity index is 1.83. The number of aromatic nitrogens is 1. The molecule has 1 amide bonds. The zero-order chi connectivity index (χ0) is 22.8. The first kappa shape index (κ1) is 21.7. The molecular formula is C24H21N3O4S. The lowest BCUT2D eigenvalue weighted by molar-refractivity contribution is -0.115. The van der Waals surface area contributed by atoms with Crippen molar-refractivity contribution >= 4 is 40.2 Å². The molecule has 1 aromatic heterocycles. The van der Waals surface area contributed by atoms with E-state index in [4.69, 9.17) is 10.00 Å². The van der Waals surface area contributed by atoms with Gasteiger partial charge in [0.05, 0.1) is 29.5 Å². The number of ether oxygens (including phenoxy) is 1. The lowest BCUT2D eigenvalue weighted by Crippen LogP contribution is -2.28. The molecule has 7 nitrogen and oxygen atoms in total. The fourth-order valence-electron chi connectivity index (χ4n) is 3.82. The fraction of sp³-hybridized carbons (Fsp3) is 0.250. The Morgan fingerprint density at radius 1 is 1.19 bits per heavy atom. The molecular weight excluding hydrogens is 426 g/mol. The summed E-state index contributed by atoms with van der Waals surface area (Å²) in [4.78, 5) is 39.9. The normalized spacial score (nSPS) is 15.7. The fourth-order valence-corrected chi connectivity index (χ4v) is 5.00. The number of hydrogen-bond acceptors (Lipinski definition) is 6. The van der Waals surface area contributed by atoms with Gasteiger partial charge in [0.15, 0.2) is 0 Å². The van der Waals surface area contributed by atoms with Crippen molar-refractivity contribution in [1.29, 1.82) is 5.26 Å². The van der Waals surface area contributed by atoms with Crippen LogP contribution in [0.4, 0.5) is 5.69 Å². The zero-order valence-corrected chi connectivity index (χ0v) is 18.5. The van der Waals surface area contributed by atoms with Gasteiger partial charge in [-0.2, -0.15) is 5.26 Å². The molecule has 0 radical (unpaired) electrons. The second-order valence-corrected chi connectivity index (χ2v) is 8.31. The molecule has 1 atom stereocenters. The average molecular weight is 448 g/mol. The van der Waals surface area contributed by atoms with E-state index in [1.807, 2.05) is 29.7 Å². The summed E-state index contributed by atoms with van der Waals surface area (Å²) >= 11 is 1.49. The van der Waals surface area contributed by atoms with Gasteiger partial charge >= 0.3 is 5.97 Å². The zero-order valence-electron chi connectivity index (χ0n) is 17.7. The highest BCUT2D eigenvalue weighted by Crippen LogP contribution is 2.42. The number of benzene rings is 2. The third kappa shape index (κ3) is 3.76. The summed E-state index contributed by atoms with van der Waals surface area (Å²) in [7, 11) is 0. The number of nitriles is 1. The number of nitrogens with zero attached hydrogens (tertiary/aromatic N) is 3. The van der Waals surface area contributed by atoms with Crippen LogP contribution < -0.4 is 10.3 Å². The van der Waals surface area contributed by atoms with E-state index >= 15 is 0 Å². The summed E-state index contributed by atoms with van der Waals surface area (Å²) in [6.45, 7) is 4.35. The molecule has 0 bridgehead atoms. The standard InChI is InChI=1S/C24H21N3O4S/c1-3-26-13-19(24(30)31-4-2)22(29)18-11-17(9-10-20(18)26)27-21(28)14-32-23(27)16-7-5-15(12-25)6-8-16/h5-11,13,23H,3-4,14H2,1-2H3. The Morgan fingerprint density at radius 3 is 2.59 bits per heavy atom. The summed E-state index contributed by atoms with van der Waals surface area (Å²) in [5.74, 6) is -0.415. The summed E-state index contributed by atoms with van der Waals surface area (Å²) < 4.78 is 6.88. The summed E-state index contributed by atoms with van der Waals surface area (Å²) in [5.41, 5.74) is 2.27. The molecule has 2 heterocycles. The largest absolute Gasteiger partial charge is 0.462 e. The lowest BCUT2D eigenvalue weighted by atomic mass is 10.1. The van der Waals surface area contributed by atoms with Gasteiger partial charge in [-0.3, -0.25) is 14.5 Å². The molecule has 0 N–H and O–H groups in total. The van der Waals surface area contributed by atoms with Gasteiger partial charge in [0, 0.05) is 23.8 Å². The van der Waals surface area contributed by atoms with Gasteiger partial charge < -0.3 is 9.30 Å². The van der Waals surface area contributed by atoms with Gasteiger partial charge in [0.1, 0.15) is 10.9 Å². The number of carbonyl (C=O) groups excluding carboxylic acids is 2. The first-order valence-corrected chi connectivity index (χ1v) is 11.3. The third-order valence-electron chi connectivity index (χ3n) is 5.37. The van der Waals surface area contributed by atoms with Gasteiger partial charge in [-0.1, -0.05) is 12.1 Å². The first-order valence-electron chi connectivity index (χ1n) is 10.3. The van der Waals surface area contributed by atoms with Crippen LogP contribution in [0.15, 0.2) is 53.5 Å². The molecule has 1 aliphatic rings. The Hall–Kier alpha value is -3.57. The van der Waals surface area contributed by atoms with E-state index < -0.39 is 11.4 Å². The lowest BCUT2D eigenvalue weighted by Gasteiger charge is -2.25. The third-order valence-corrected chi connectivity index (χ3v) is 6.58. The monoisotopic (exact) mass is 447 g/mol. The van der Waals surface area contributed by atoms with Crippen molar-refractivity contribution in [2.75, 3.05) is 17.3 Å². The molecule has 0 saturated carbocycles. The molecule has 1 unspecified atom stereocenters. The van der Waals surface area contributed by atoms with E-state index in [0.29, 0.717) is 34.5 Å². The van der Waals surface area contributed by atoms with Crippen LogP contribution in [-0.4, -0.2) is 28.8 Å². The number of amides is 1. The van der Waals surface area contributed by atoms with E-state index in [2.05, 4.69) is 6.07 Å². The van der Waals surface area contributed by atoms with Crippen LogP contribution in [0, 0.1) is 11.3 Å². The van der Waals surface area contributed by atoms with E-state index in [-0.39, 0.29) is 23.5 Å². The van der Waals surface area contributed by atoms with Crippen LogP contribution in [0.25, 0.3) is 10.9 Å². The minimum absolute atomic E-state index is 0.0240. The van der Waals surface area contributed by atoms with E-state index in [1.54, 1.807) is 36.1 Å². The second-order valence-electron chi connectivity index (χ2n) is 7.24. The molecule has 0 aliphatic carbocycles. The Labute approximate surface area is 189 Å². The van der Waals surface area contributed by atoms with Gasteiger partial charge in [-0.25, -0.2) is 4.79 Å². The molecule has 1 aliphatic heterocycles. The van der Waals surface area contributed by atoms with Crippen molar-refractivity contribution in [3.8, 4) is 6.07 Å². The molecule has 0 spiro atoms. The number of anilines is 1. The predicted molar refractivity (Wildman–Crippen MR) is 124 cm³/mol. The van der Waals surface area contributed by atoms with Crippen LogP contribution in [0.2, 0.25) is 0 Å². The maximum atomic E-state index is 13.1. The number of esters is 1. The maximum absolute atomic E-state index is 13.1. The Bertz CT molecular complexity index is 1310. The predicted octanol–water partition coefficient (Wildman–Crippen LogP) is 3.85. The summed E-state index contributed by atoms with van der Waals surface area (Å²) in [6, 6.07) is 14.5. The number of hydrogen-bond donors (Lipinski definition) is 0. The molecule has 1 saturated heterocycles. The number of rotatable bonds is 5. The minimum Gasteiger partial charge on any atom is -0.462 e. The number of pyridine rings is 1. The summed E-state index contributed by atoms with van der Waals surface area (Å²) in [6.07, 6.45) is 1.53. The molecule has 2 aromatic carbocycles. The molecule has 162 valence electrons. The van der Waals surface area contributed by atoms with Crippen molar-refractivity contribution < 1.29 is 14.3 Å². The number of carbonyl (C=O) groups is 2. The highest BCUT2D eigenvalue weighted by atomic mass is 32.2. The number of aryl methyl sites for hydroxylation is 1. The van der Waals surface area contributed by atoms with E-state index in [9.17, 15) is 14.4 Å². The summed E-state index contributed by atoms with van der Waals surface area (Å²) in [5, 5.41) is 9.14. The first-order chi connectivity index (χ1) is 15.5. The molecule has 8 heteroatoms. The Kier molecular flexibility index (Phi) is 6.01. The van der Waals surface area contributed by atoms with E-state index in [0.717, 1.165) is 5.56 Å². The average Bonchev–Trinajstić information content (AvgIpc) is 3.20. The highest BCUT2D eigenvalue weighted by molar-refractivity contribution is 8.00. The smallest absolute Gasteiger partial charge is 0.343 e. The maximum Gasteiger partial charge on any atom is 0.343 e. The number of thioether (sulfide) groups is 1. The van der Waals surface area contributed by atoms with Crippen molar-refractivity contribution in [3.63, 3.8) is 0 Å². The molecule has 32 heavy (non-hydrogen) atoms. The van der Waals surface area contributed by atoms with Crippen molar-refractivity contribution in [1.82, 2.24) is 4.57 Å². The van der Waals surface area contributed by atoms with Crippen LogP contribution in [-0.2, 0) is 16.1 Å². The van der Waals surface area contributed by atoms with Crippen LogP contribution in [0.1, 0.15) is 40.7 Å². The van der Waals surface area contributed by atoms with Crippen molar-refractivity contribution in [2.24, 2.45) is 0 Å². The SMILES string of the molecule is CCOC(=O)c1cn(CC)c2ccc(N3C(=O)CSC3c3ccc(C#N)cc3)cc2c1=O. The van der Waals surface area contributed by atoms with Crippen LogP contribution in [0.5, 0.6) is 0 Å². The van der Waals surface area contributed by atoms with Gasteiger partial charge in [0.2, 0.25) is 11.3 Å². The highest BCUT2D eigenvalue weighted by Gasteiger charge is 2.34. The van der Waals surface area contributed by atoms with Gasteiger partial charge in [-0.05, 0) is 49.7 Å². The quantitative estimate of drug-likeness (QED) is 0.552. The number of fused-ring (bicyclic) bond motifs is 1. The minimum atomic E-state index is -0.657. The Morgan fingerprint density at radius 2 is 1.94 bits per heavy atom.